The largest absolute Gasteiger partial charge is 0.302 e. The van der Waals surface area contributed by atoms with Gasteiger partial charge in [0.2, 0.25) is 21.9 Å². The van der Waals surface area contributed by atoms with E-state index in [0.29, 0.717) is 21.9 Å². The molecule has 0 unspecified atom stereocenters. The van der Waals surface area contributed by atoms with Gasteiger partial charge in [0.05, 0.1) is 15.9 Å². The van der Waals surface area contributed by atoms with Gasteiger partial charge in [0.1, 0.15) is 32.1 Å². The van der Waals surface area contributed by atoms with Crippen molar-refractivity contribution in [3.05, 3.63) is 121 Å². The molecule has 2 N–H and O–H groups in total. The first-order valence-electron chi connectivity index (χ1n) is 15.0. The third kappa shape index (κ3) is 10.4. The first-order valence-corrected chi connectivity index (χ1v) is 21.0. The molecule has 4 aromatic carbocycles. The van der Waals surface area contributed by atoms with Crippen molar-refractivity contribution in [3.8, 4) is 11.3 Å². The lowest BCUT2D eigenvalue weighted by atomic mass is 10.1. The minimum Gasteiger partial charge on any atom is -0.302 e. The summed E-state index contributed by atoms with van der Waals surface area (Å²) in [5, 5.41) is 3.14. The lowest BCUT2D eigenvalue weighted by Gasteiger charge is -2.18. The number of nitrogens with one attached hydrogen (secondary N) is 2. The number of amides is 1. The zero-order chi connectivity index (χ0) is 39.8. The van der Waals surface area contributed by atoms with Crippen LogP contribution in [-0.4, -0.2) is 60.2 Å². The maximum Gasteiger partial charge on any atom is 0.269 e. The third-order valence-corrected chi connectivity index (χ3v) is 12.4. The Balaban J connectivity index is 0.000000230. The summed E-state index contributed by atoms with van der Waals surface area (Å²) in [4.78, 5) is 22.7. The van der Waals surface area contributed by atoms with Crippen molar-refractivity contribution < 1.29 is 43.2 Å². The Morgan fingerprint density at radius 1 is 0.759 bits per heavy atom. The second kappa shape index (κ2) is 17.4. The lowest BCUT2D eigenvalue weighted by molar-refractivity contribution is -0.114. The van der Waals surface area contributed by atoms with Crippen molar-refractivity contribution in [2.45, 2.75) is 21.6 Å². The number of anilines is 2. The number of nitrogens with zero attached hydrogens (tertiary/aromatic N) is 4. The van der Waals surface area contributed by atoms with E-state index in [1.165, 1.54) is 87.1 Å². The molecular formula is C33H28ClF3N6O7S4. The van der Waals surface area contributed by atoms with E-state index >= 15 is 0 Å². The van der Waals surface area contributed by atoms with E-state index < -0.39 is 56.3 Å². The van der Waals surface area contributed by atoms with Crippen LogP contribution >= 0.6 is 22.0 Å². The highest BCUT2D eigenvalue weighted by Gasteiger charge is 2.26. The Hall–Kier alpha value is -4.99. The maximum atomic E-state index is 14.1. The topological polar surface area (TPSA) is 185 Å². The smallest absolute Gasteiger partial charge is 0.269 e. The summed E-state index contributed by atoms with van der Waals surface area (Å²) in [6, 6.07) is 22.3. The van der Waals surface area contributed by atoms with Crippen molar-refractivity contribution in [1.29, 1.82) is 0 Å². The monoisotopic (exact) mass is 840 g/mol. The summed E-state index contributed by atoms with van der Waals surface area (Å²) in [5.41, 5.74) is 1.91. The standard InChI is InChI=1S/C20H16FN5O3S2.C7H8FNO2S.C6H4ClFO2S/c1-12(27)23-20-25-16-8-7-13(11-17(16)30-20)15-9-10-22-19(24-15)26(2)31(28,29)18-6-4-3-5-14(18)21;1-9-12(10,11)7-5-3-2-4-6(7)8;7-11(9,10)6-4-2-1-3-5(6)8/h3-11H,1-2H3,(H,23,25,27);2-5,9H,1H3;1-4H. The second-order valence-corrected chi connectivity index (χ2v) is 17.9. The molecule has 54 heavy (non-hydrogen) atoms. The Labute approximate surface area is 317 Å². The number of benzene rings is 4. The van der Waals surface area contributed by atoms with Gasteiger partial charge in [0, 0.05) is 36.4 Å². The Morgan fingerprint density at radius 3 is 1.80 bits per heavy atom. The number of hydrogen-bond donors (Lipinski definition) is 2. The molecule has 0 saturated carbocycles. The van der Waals surface area contributed by atoms with Crippen LogP contribution in [0.25, 0.3) is 21.5 Å². The van der Waals surface area contributed by atoms with E-state index in [1.807, 2.05) is 10.8 Å². The van der Waals surface area contributed by atoms with Crippen LogP contribution in [0.3, 0.4) is 0 Å². The minimum absolute atomic E-state index is 0.0934. The molecular weight excluding hydrogens is 813 g/mol. The number of hydrogen-bond acceptors (Lipinski definition) is 11. The number of halogens is 4. The van der Waals surface area contributed by atoms with Gasteiger partial charge in [0.25, 0.3) is 19.1 Å². The molecule has 0 bridgehead atoms. The number of rotatable bonds is 8. The van der Waals surface area contributed by atoms with Crippen LogP contribution in [-0.2, 0) is 33.9 Å². The first-order chi connectivity index (χ1) is 25.3. The molecule has 0 radical (unpaired) electrons. The summed E-state index contributed by atoms with van der Waals surface area (Å²) in [7, 11) is -4.36. The van der Waals surface area contributed by atoms with Crippen LogP contribution < -0.4 is 14.3 Å². The molecule has 0 spiro atoms. The van der Waals surface area contributed by atoms with Crippen molar-refractivity contribution in [3.63, 3.8) is 0 Å². The van der Waals surface area contributed by atoms with Crippen molar-refractivity contribution >= 4 is 78.3 Å². The number of carbonyl (C=O) groups is 1. The molecule has 1 amide bonds. The van der Waals surface area contributed by atoms with Gasteiger partial charge < -0.3 is 5.32 Å². The molecule has 6 rings (SSSR count). The summed E-state index contributed by atoms with van der Waals surface area (Å²) in [6.45, 7) is 1.41. The number of sulfonamides is 2. The molecule has 21 heteroatoms. The number of fused-ring (bicyclic) bond motifs is 1. The first kappa shape index (κ1) is 41.8. The van der Waals surface area contributed by atoms with E-state index in [-0.39, 0.29) is 16.8 Å². The molecule has 0 aliphatic rings. The number of carbonyl (C=O) groups excluding carboxylic acids is 1. The van der Waals surface area contributed by atoms with Gasteiger partial charge in [-0.05, 0) is 61.6 Å². The lowest BCUT2D eigenvalue weighted by Crippen LogP contribution is -2.29. The predicted molar refractivity (Wildman–Crippen MR) is 199 cm³/mol. The van der Waals surface area contributed by atoms with Gasteiger partial charge >= 0.3 is 0 Å². The van der Waals surface area contributed by atoms with E-state index in [9.17, 15) is 43.2 Å². The molecule has 0 aliphatic carbocycles. The quantitative estimate of drug-likeness (QED) is 0.168. The van der Waals surface area contributed by atoms with Crippen LogP contribution in [0.1, 0.15) is 6.92 Å². The van der Waals surface area contributed by atoms with E-state index in [2.05, 4.69) is 20.3 Å². The predicted octanol–water partition coefficient (Wildman–Crippen LogP) is 6.16. The Morgan fingerprint density at radius 2 is 1.30 bits per heavy atom. The molecule has 2 aromatic heterocycles. The highest BCUT2D eigenvalue weighted by atomic mass is 35.7. The Kier molecular flexibility index (Phi) is 13.5. The van der Waals surface area contributed by atoms with Gasteiger partial charge in [-0.25, -0.2) is 62.4 Å². The normalized spacial score (nSPS) is 11.5. The maximum absolute atomic E-state index is 14.1. The fraction of sp³-hybridized carbons (Fsp3) is 0.0909. The molecule has 13 nitrogen and oxygen atoms in total. The molecule has 0 atom stereocenters. The van der Waals surface area contributed by atoms with E-state index in [1.54, 1.807) is 18.2 Å². The average Bonchev–Trinajstić information content (AvgIpc) is 3.53. The molecule has 6 aromatic rings. The van der Waals surface area contributed by atoms with Crippen molar-refractivity contribution in [2.24, 2.45) is 0 Å². The van der Waals surface area contributed by atoms with Gasteiger partial charge in [-0.1, -0.05) is 53.8 Å². The van der Waals surface area contributed by atoms with Crippen LogP contribution in [0.5, 0.6) is 0 Å². The van der Waals surface area contributed by atoms with Gasteiger partial charge in [-0.15, -0.1) is 0 Å². The number of thiazole rings is 1. The van der Waals surface area contributed by atoms with Crippen molar-refractivity contribution in [2.75, 3.05) is 23.7 Å². The fourth-order valence-electron chi connectivity index (χ4n) is 4.27. The van der Waals surface area contributed by atoms with E-state index in [0.717, 1.165) is 33.3 Å². The minimum atomic E-state index is -4.18. The fourth-order valence-corrected chi connectivity index (χ4v) is 8.11. The van der Waals surface area contributed by atoms with Gasteiger partial charge in [-0.3, -0.25) is 4.79 Å². The summed E-state index contributed by atoms with van der Waals surface area (Å²) >= 11 is 1.31. The SMILES string of the molecule is CC(=O)Nc1nc2ccc(-c3ccnc(N(C)S(=O)(=O)c4ccccc4F)n3)cc2s1.CNS(=O)(=O)c1ccccc1F.O=S(=O)(Cl)c1ccccc1F. The highest BCUT2D eigenvalue weighted by molar-refractivity contribution is 8.13. The molecule has 0 fully saturated rings. The Bertz CT molecular complexity index is 2650. The average molecular weight is 841 g/mol. The van der Waals surface area contributed by atoms with Crippen LogP contribution in [0.15, 0.2) is 118 Å². The molecule has 284 valence electrons. The summed E-state index contributed by atoms with van der Waals surface area (Å²) in [6.07, 6.45) is 1.44. The van der Waals surface area contributed by atoms with Crippen LogP contribution in [0, 0.1) is 17.5 Å². The van der Waals surface area contributed by atoms with Gasteiger partial charge in [-0.2, -0.15) is 0 Å². The zero-order valence-corrected chi connectivity index (χ0v) is 32.1. The molecule has 0 aliphatic heterocycles. The second-order valence-electron chi connectivity index (χ2n) is 10.5. The third-order valence-electron chi connectivity index (χ3n) is 6.86. The summed E-state index contributed by atoms with van der Waals surface area (Å²) < 4.78 is 112. The van der Waals surface area contributed by atoms with Gasteiger partial charge in [0.15, 0.2) is 5.13 Å². The zero-order valence-electron chi connectivity index (χ0n) is 28.1. The van der Waals surface area contributed by atoms with Crippen molar-refractivity contribution in [1.82, 2.24) is 19.7 Å². The number of aromatic nitrogens is 3. The van der Waals surface area contributed by atoms with Crippen LogP contribution in [0.4, 0.5) is 24.3 Å². The van der Waals surface area contributed by atoms with E-state index in [4.69, 9.17) is 10.7 Å². The van der Waals surface area contributed by atoms with Crippen LogP contribution in [0.2, 0.25) is 0 Å². The highest BCUT2D eigenvalue weighted by Crippen LogP contribution is 2.31. The molecule has 2 heterocycles. The molecule has 0 saturated heterocycles. The summed E-state index contributed by atoms with van der Waals surface area (Å²) in [5.74, 6) is -2.73.